The predicted octanol–water partition coefficient (Wildman–Crippen LogP) is 4.86. The summed E-state index contributed by atoms with van der Waals surface area (Å²) in [6.07, 6.45) is 0. The van der Waals surface area contributed by atoms with Gasteiger partial charge in [-0.15, -0.1) is 0 Å². The molecule has 0 heterocycles. The van der Waals surface area contributed by atoms with E-state index in [0.717, 1.165) is 16.8 Å². The van der Waals surface area contributed by atoms with Crippen molar-refractivity contribution in [2.24, 2.45) is 0 Å². The van der Waals surface area contributed by atoms with E-state index in [1.54, 1.807) is 18.2 Å². The summed E-state index contributed by atoms with van der Waals surface area (Å²) >= 11 is 11.9. The summed E-state index contributed by atoms with van der Waals surface area (Å²) in [4.78, 5) is 12.2. The van der Waals surface area contributed by atoms with Gasteiger partial charge in [-0.1, -0.05) is 40.9 Å². The Hall–Kier alpha value is -1.51. The van der Waals surface area contributed by atoms with E-state index in [0.29, 0.717) is 15.6 Å². The van der Waals surface area contributed by atoms with Gasteiger partial charge in [-0.25, -0.2) is 0 Å². The van der Waals surface area contributed by atoms with Gasteiger partial charge in [0.1, 0.15) is 0 Å². The molecule has 4 heteroatoms. The van der Waals surface area contributed by atoms with Crippen LogP contribution in [0.1, 0.15) is 21.5 Å². The summed E-state index contributed by atoms with van der Waals surface area (Å²) in [5.41, 5.74) is 3.29. The van der Waals surface area contributed by atoms with Gasteiger partial charge in [0.15, 0.2) is 0 Å². The van der Waals surface area contributed by atoms with Crippen LogP contribution in [0.15, 0.2) is 36.4 Å². The highest BCUT2D eigenvalue weighted by Crippen LogP contribution is 2.23. The van der Waals surface area contributed by atoms with Gasteiger partial charge < -0.3 is 5.32 Å². The molecular weight excluding hydrogens is 281 g/mol. The summed E-state index contributed by atoms with van der Waals surface area (Å²) < 4.78 is 0. The number of aryl methyl sites for hydroxylation is 2. The van der Waals surface area contributed by atoms with Crippen LogP contribution < -0.4 is 5.32 Å². The molecule has 0 atom stereocenters. The number of carbonyl (C=O) groups excluding carboxylic acids is 1. The second kappa shape index (κ2) is 5.64. The maximum absolute atomic E-state index is 12.2. The van der Waals surface area contributed by atoms with E-state index in [1.807, 2.05) is 32.0 Å². The predicted molar refractivity (Wildman–Crippen MR) is 80.3 cm³/mol. The van der Waals surface area contributed by atoms with Crippen molar-refractivity contribution in [1.29, 1.82) is 0 Å². The van der Waals surface area contributed by atoms with Crippen LogP contribution in [0.2, 0.25) is 10.0 Å². The van der Waals surface area contributed by atoms with Crippen LogP contribution in [0.3, 0.4) is 0 Å². The number of nitrogens with one attached hydrogen (secondary N) is 1. The zero-order chi connectivity index (χ0) is 14.0. The second-order valence-corrected chi connectivity index (χ2v) is 5.24. The molecule has 2 aromatic rings. The molecule has 0 fully saturated rings. The Morgan fingerprint density at radius 1 is 1.05 bits per heavy atom. The molecule has 0 aliphatic carbocycles. The number of amides is 1. The standard InChI is InChI=1S/C15H13Cl2NO/c1-9-3-6-14(10(2)7-9)18-15(19)12-8-11(16)4-5-13(12)17/h3-8H,1-2H3,(H,18,19). The molecule has 2 nitrogen and oxygen atoms in total. The van der Waals surface area contributed by atoms with Gasteiger partial charge in [-0.3, -0.25) is 4.79 Å². The van der Waals surface area contributed by atoms with Crippen LogP contribution >= 0.6 is 23.2 Å². The minimum absolute atomic E-state index is 0.264. The maximum atomic E-state index is 12.2. The fourth-order valence-corrected chi connectivity index (χ4v) is 2.19. The molecule has 1 N–H and O–H groups in total. The van der Waals surface area contributed by atoms with E-state index in [1.165, 1.54) is 0 Å². The largest absolute Gasteiger partial charge is 0.322 e. The molecule has 1 amide bonds. The number of anilines is 1. The lowest BCUT2D eigenvalue weighted by Gasteiger charge is -2.10. The highest BCUT2D eigenvalue weighted by Gasteiger charge is 2.12. The van der Waals surface area contributed by atoms with Crippen LogP contribution in [-0.2, 0) is 0 Å². The molecular formula is C15H13Cl2NO. The molecule has 0 saturated heterocycles. The minimum Gasteiger partial charge on any atom is -0.322 e. The van der Waals surface area contributed by atoms with E-state index in [-0.39, 0.29) is 5.91 Å². The highest BCUT2D eigenvalue weighted by atomic mass is 35.5. The molecule has 0 spiro atoms. The van der Waals surface area contributed by atoms with Crippen molar-refractivity contribution in [1.82, 2.24) is 0 Å². The van der Waals surface area contributed by atoms with Crippen LogP contribution in [0, 0.1) is 13.8 Å². The van der Waals surface area contributed by atoms with Crippen LogP contribution in [0.4, 0.5) is 5.69 Å². The minimum atomic E-state index is -0.264. The lowest BCUT2D eigenvalue weighted by atomic mass is 10.1. The average molecular weight is 294 g/mol. The molecule has 0 aliphatic heterocycles. The number of halogens is 2. The Balaban J connectivity index is 2.28. The van der Waals surface area contributed by atoms with Crippen LogP contribution in [0.25, 0.3) is 0 Å². The number of hydrogen-bond acceptors (Lipinski definition) is 1. The van der Waals surface area contributed by atoms with E-state index in [2.05, 4.69) is 5.32 Å². The molecule has 0 bridgehead atoms. The number of carbonyl (C=O) groups is 1. The molecule has 0 unspecified atom stereocenters. The zero-order valence-electron chi connectivity index (χ0n) is 10.6. The molecule has 2 aromatic carbocycles. The third-order valence-electron chi connectivity index (χ3n) is 2.80. The van der Waals surface area contributed by atoms with E-state index >= 15 is 0 Å². The molecule has 0 aliphatic rings. The Morgan fingerprint density at radius 2 is 1.79 bits per heavy atom. The molecule has 0 saturated carbocycles. The highest BCUT2D eigenvalue weighted by molar-refractivity contribution is 6.36. The zero-order valence-corrected chi connectivity index (χ0v) is 12.1. The van der Waals surface area contributed by atoms with Crippen molar-refractivity contribution in [3.8, 4) is 0 Å². The average Bonchev–Trinajstić information content (AvgIpc) is 2.35. The first kappa shape index (κ1) is 13.9. The van der Waals surface area contributed by atoms with Crippen molar-refractivity contribution in [2.45, 2.75) is 13.8 Å². The summed E-state index contributed by atoms with van der Waals surface area (Å²) in [6, 6.07) is 10.7. The first-order valence-corrected chi connectivity index (χ1v) is 6.56. The fraction of sp³-hybridized carbons (Fsp3) is 0.133. The topological polar surface area (TPSA) is 29.1 Å². The van der Waals surface area contributed by atoms with Crippen molar-refractivity contribution < 1.29 is 4.79 Å². The van der Waals surface area contributed by atoms with Gasteiger partial charge >= 0.3 is 0 Å². The van der Waals surface area contributed by atoms with E-state index in [9.17, 15) is 4.79 Å². The monoisotopic (exact) mass is 293 g/mol. The Morgan fingerprint density at radius 3 is 2.47 bits per heavy atom. The Labute approximate surface area is 122 Å². The fourth-order valence-electron chi connectivity index (χ4n) is 1.81. The van der Waals surface area contributed by atoms with Gasteiger partial charge in [-0.2, -0.15) is 0 Å². The normalized spacial score (nSPS) is 10.3. The van der Waals surface area contributed by atoms with Gasteiger partial charge in [0.05, 0.1) is 10.6 Å². The summed E-state index contributed by atoms with van der Waals surface area (Å²) in [5, 5.41) is 3.70. The van der Waals surface area contributed by atoms with Gasteiger partial charge in [-0.05, 0) is 43.7 Å². The second-order valence-electron chi connectivity index (χ2n) is 4.40. The Kier molecular flexibility index (Phi) is 4.13. The van der Waals surface area contributed by atoms with Gasteiger partial charge in [0.2, 0.25) is 0 Å². The van der Waals surface area contributed by atoms with Crippen molar-refractivity contribution >= 4 is 34.8 Å². The first-order valence-electron chi connectivity index (χ1n) is 5.81. The van der Waals surface area contributed by atoms with Crippen molar-refractivity contribution in [2.75, 3.05) is 5.32 Å². The summed E-state index contributed by atoms with van der Waals surface area (Å²) in [5.74, 6) is -0.264. The smallest absolute Gasteiger partial charge is 0.257 e. The molecule has 98 valence electrons. The number of benzene rings is 2. The van der Waals surface area contributed by atoms with Gasteiger partial charge in [0.25, 0.3) is 5.91 Å². The lowest BCUT2D eigenvalue weighted by Crippen LogP contribution is -2.13. The summed E-state index contributed by atoms with van der Waals surface area (Å²) in [6.45, 7) is 3.95. The van der Waals surface area contributed by atoms with Crippen molar-refractivity contribution in [3.05, 3.63) is 63.1 Å². The lowest BCUT2D eigenvalue weighted by molar-refractivity contribution is 0.102. The number of rotatable bonds is 2. The van der Waals surface area contributed by atoms with E-state index in [4.69, 9.17) is 23.2 Å². The third kappa shape index (κ3) is 3.28. The molecule has 0 radical (unpaired) electrons. The van der Waals surface area contributed by atoms with Crippen molar-refractivity contribution in [3.63, 3.8) is 0 Å². The SMILES string of the molecule is Cc1ccc(NC(=O)c2cc(Cl)ccc2Cl)c(C)c1. The quantitative estimate of drug-likeness (QED) is 0.841. The van der Waals surface area contributed by atoms with Crippen LogP contribution in [-0.4, -0.2) is 5.91 Å². The number of hydrogen-bond donors (Lipinski definition) is 1. The van der Waals surface area contributed by atoms with Crippen LogP contribution in [0.5, 0.6) is 0 Å². The first-order chi connectivity index (χ1) is 8.97. The molecule has 19 heavy (non-hydrogen) atoms. The molecule has 2 rings (SSSR count). The third-order valence-corrected chi connectivity index (χ3v) is 3.37. The van der Waals surface area contributed by atoms with E-state index < -0.39 is 0 Å². The molecule has 0 aromatic heterocycles. The van der Waals surface area contributed by atoms with Gasteiger partial charge in [0, 0.05) is 10.7 Å². The summed E-state index contributed by atoms with van der Waals surface area (Å²) in [7, 11) is 0. The maximum Gasteiger partial charge on any atom is 0.257 e. The Bertz CT molecular complexity index is 638.